The summed E-state index contributed by atoms with van der Waals surface area (Å²) in [6.07, 6.45) is 4.83. The second-order valence-corrected chi connectivity index (χ2v) is 6.59. The Balaban J connectivity index is 1.73. The van der Waals surface area contributed by atoms with E-state index in [0.29, 0.717) is 5.92 Å². The molecule has 2 atom stereocenters. The van der Waals surface area contributed by atoms with Crippen molar-refractivity contribution >= 4 is 11.8 Å². The van der Waals surface area contributed by atoms with Gasteiger partial charge in [0.05, 0.1) is 6.61 Å². The van der Waals surface area contributed by atoms with Gasteiger partial charge >= 0.3 is 0 Å². The van der Waals surface area contributed by atoms with Gasteiger partial charge in [-0.1, -0.05) is 36.8 Å². The van der Waals surface area contributed by atoms with Gasteiger partial charge in [-0.2, -0.15) is 11.8 Å². The Morgan fingerprint density at radius 2 is 2.16 bits per heavy atom. The third kappa shape index (κ3) is 3.74. The van der Waals surface area contributed by atoms with Gasteiger partial charge in [-0.25, -0.2) is 0 Å². The second kappa shape index (κ2) is 7.32. The maximum atomic E-state index is 9.65. The van der Waals surface area contributed by atoms with E-state index in [2.05, 4.69) is 35.6 Å². The van der Waals surface area contributed by atoms with Crippen molar-refractivity contribution in [2.45, 2.75) is 37.0 Å². The number of thioether (sulfide) groups is 1. The summed E-state index contributed by atoms with van der Waals surface area (Å²) < 4.78 is 0. The molecule has 0 amide bonds. The van der Waals surface area contributed by atoms with Crippen LogP contribution in [0, 0.1) is 5.92 Å². The van der Waals surface area contributed by atoms with Gasteiger partial charge in [-0.15, -0.1) is 0 Å². The Bertz CT molecular complexity index is 364. The zero-order valence-electron chi connectivity index (χ0n) is 11.8. The number of aliphatic hydroxyl groups is 1. The number of aliphatic hydroxyl groups excluding tert-OH is 1. The van der Waals surface area contributed by atoms with E-state index in [4.69, 9.17) is 0 Å². The van der Waals surface area contributed by atoms with Crippen molar-refractivity contribution in [1.29, 1.82) is 0 Å². The van der Waals surface area contributed by atoms with Crippen molar-refractivity contribution in [3.05, 3.63) is 35.9 Å². The first-order valence-electron chi connectivity index (χ1n) is 7.22. The van der Waals surface area contributed by atoms with Gasteiger partial charge in [0.1, 0.15) is 0 Å². The average molecular weight is 279 g/mol. The third-order valence-electron chi connectivity index (χ3n) is 4.46. The highest BCUT2D eigenvalue weighted by Crippen LogP contribution is 2.38. The molecule has 1 aliphatic carbocycles. The fourth-order valence-electron chi connectivity index (χ4n) is 3.17. The van der Waals surface area contributed by atoms with Crippen molar-refractivity contribution in [3.8, 4) is 0 Å². The largest absolute Gasteiger partial charge is 0.394 e. The van der Waals surface area contributed by atoms with Crippen molar-refractivity contribution in [2.24, 2.45) is 5.92 Å². The van der Waals surface area contributed by atoms with Crippen LogP contribution in [-0.4, -0.2) is 30.1 Å². The number of nitrogens with one attached hydrogen (secondary N) is 1. The molecule has 0 aliphatic heterocycles. The molecule has 1 saturated carbocycles. The van der Waals surface area contributed by atoms with Gasteiger partial charge < -0.3 is 10.4 Å². The maximum Gasteiger partial charge on any atom is 0.0615 e. The van der Waals surface area contributed by atoms with E-state index in [1.165, 1.54) is 30.6 Å². The molecule has 1 fully saturated rings. The first kappa shape index (κ1) is 14.9. The van der Waals surface area contributed by atoms with E-state index in [9.17, 15) is 5.11 Å². The average Bonchev–Trinajstić information content (AvgIpc) is 2.88. The molecule has 0 radical (unpaired) electrons. The molecule has 0 saturated heterocycles. The zero-order valence-corrected chi connectivity index (χ0v) is 12.6. The van der Waals surface area contributed by atoms with E-state index in [0.717, 1.165) is 12.2 Å². The van der Waals surface area contributed by atoms with Crippen LogP contribution in [0.4, 0.5) is 0 Å². The molecule has 3 heteroatoms. The summed E-state index contributed by atoms with van der Waals surface area (Å²) >= 11 is 2.01. The van der Waals surface area contributed by atoms with Crippen molar-refractivity contribution < 1.29 is 5.11 Å². The molecule has 0 bridgehead atoms. The van der Waals surface area contributed by atoms with Gasteiger partial charge in [0.2, 0.25) is 0 Å². The van der Waals surface area contributed by atoms with Gasteiger partial charge in [-0.3, -0.25) is 0 Å². The predicted molar refractivity (Wildman–Crippen MR) is 83.4 cm³/mol. The lowest BCUT2D eigenvalue weighted by atomic mass is 9.86. The molecule has 19 heavy (non-hydrogen) atoms. The van der Waals surface area contributed by atoms with Crippen LogP contribution in [0.2, 0.25) is 0 Å². The predicted octanol–water partition coefficient (Wildman–Crippen LogP) is 3.06. The lowest BCUT2D eigenvalue weighted by Crippen LogP contribution is -2.49. The standard InChI is InChI=1S/C16H25NOS/c1-17-16(13-18)10-5-8-15(16)9-11-19-12-14-6-3-2-4-7-14/h2-4,6-7,15,17-18H,5,8-13H2,1H3. The third-order valence-corrected chi connectivity index (χ3v) is 5.52. The minimum atomic E-state index is -0.00664. The Morgan fingerprint density at radius 1 is 1.37 bits per heavy atom. The van der Waals surface area contributed by atoms with Crippen LogP contribution >= 0.6 is 11.8 Å². The summed E-state index contributed by atoms with van der Waals surface area (Å²) in [5.41, 5.74) is 1.40. The molecule has 2 nitrogen and oxygen atoms in total. The Hall–Kier alpha value is -0.510. The smallest absolute Gasteiger partial charge is 0.0615 e. The summed E-state index contributed by atoms with van der Waals surface area (Å²) in [6, 6.07) is 10.6. The molecule has 0 heterocycles. The van der Waals surface area contributed by atoms with Crippen LogP contribution in [0.5, 0.6) is 0 Å². The molecular formula is C16H25NOS. The Kier molecular flexibility index (Phi) is 5.74. The van der Waals surface area contributed by atoms with Crippen LogP contribution < -0.4 is 5.32 Å². The number of rotatable bonds is 7. The first-order chi connectivity index (χ1) is 9.30. The minimum absolute atomic E-state index is 0.00664. The van der Waals surface area contributed by atoms with Crippen LogP contribution in [0.3, 0.4) is 0 Å². The van der Waals surface area contributed by atoms with Gasteiger partial charge in [0, 0.05) is 11.3 Å². The van der Waals surface area contributed by atoms with Crippen LogP contribution in [0.25, 0.3) is 0 Å². The molecule has 1 aromatic rings. The zero-order chi connectivity index (χ0) is 13.6. The molecule has 0 aromatic heterocycles. The van der Waals surface area contributed by atoms with Crippen LogP contribution in [0.15, 0.2) is 30.3 Å². The quantitative estimate of drug-likeness (QED) is 0.752. The summed E-state index contributed by atoms with van der Waals surface area (Å²) in [4.78, 5) is 0. The van der Waals surface area contributed by atoms with Crippen molar-refractivity contribution in [2.75, 3.05) is 19.4 Å². The van der Waals surface area contributed by atoms with E-state index in [1.54, 1.807) is 0 Å². The molecule has 1 aromatic carbocycles. The minimum Gasteiger partial charge on any atom is -0.394 e. The number of benzene rings is 1. The van der Waals surface area contributed by atoms with E-state index in [-0.39, 0.29) is 12.1 Å². The van der Waals surface area contributed by atoms with Gasteiger partial charge in [0.25, 0.3) is 0 Å². The molecule has 106 valence electrons. The summed E-state index contributed by atoms with van der Waals surface area (Å²) in [6.45, 7) is 0.275. The summed E-state index contributed by atoms with van der Waals surface area (Å²) in [5.74, 6) is 2.91. The molecule has 2 N–H and O–H groups in total. The first-order valence-corrected chi connectivity index (χ1v) is 8.37. The molecule has 2 unspecified atom stereocenters. The number of likely N-dealkylation sites (N-methyl/N-ethyl adjacent to an activating group) is 1. The highest BCUT2D eigenvalue weighted by Gasteiger charge is 2.40. The van der Waals surface area contributed by atoms with Crippen LogP contribution in [0.1, 0.15) is 31.2 Å². The molecular weight excluding hydrogens is 254 g/mol. The van der Waals surface area contributed by atoms with E-state index in [1.807, 2.05) is 18.8 Å². The normalized spacial score (nSPS) is 26.7. The highest BCUT2D eigenvalue weighted by atomic mass is 32.2. The van der Waals surface area contributed by atoms with Gasteiger partial charge in [0.15, 0.2) is 0 Å². The van der Waals surface area contributed by atoms with Crippen molar-refractivity contribution in [3.63, 3.8) is 0 Å². The van der Waals surface area contributed by atoms with E-state index < -0.39 is 0 Å². The summed E-state index contributed by atoms with van der Waals surface area (Å²) in [5, 5.41) is 13.0. The molecule has 0 spiro atoms. The maximum absolute atomic E-state index is 9.65. The highest BCUT2D eigenvalue weighted by molar-refractivity contribution is 7.98. The van der Waals surface area contributed by atoms with E-state index >= 15 is 0 Å². The lowest BCUT2D eigenvalue weighted by Gasteiger charge is -2.33. The fraction of sp³-hybridized carbons (Fsp3) is 0.625. The lowest BCUT2D eigenvalue weighted by molar-refractivity contribution is 0.130. The van der Waals surface area contributed by atoms with Crippen LogP contribution in [-0.2, 0) is 5.75 Å². The molecule has 2 rings (SSSR count). The topological polar surface area (TPSA) is 32.3 Å². The second-order valence-electron chi connectivity index (χ2n) is 5.48. The monoisotopic (exact) mass is 279 g/mol. The number of hydrogen-bond donors (Lipinski definition) is 2. The van der Waals surface area contributed by atoms with Gasteiger partial charge in [-0.05, 0) is 43.5 Å². The Morgan fingerprint density at radius 3 is 2.84 bits per heavy atom. The number of hydrogen-bond acceptors (Lipinski definition) is 3. The van der Waals surface area contributed by atoms with Crippen molar-refractivity contribution in [1.82, 2.24) is 5.32 Å². The Labute approximate surface area is 121 Å². The fourth-order valence-corrected chi connectivity index (χ4v) is 4.19. The molecule has 1 aliphatic rings. The summed E-state index contributed by atoms with van der Waals surface area (Å²) in [7, 11) is 1.99. The SMILES string of the molecule is CNC1(CO)CCCC1CCSCc1ccccc1.